The van der Waals surface area contributed by atoms with E-state index in [0.29, 0.717) is 13.2 Å². The van der Waals surface area contributed by atoms with Gasteiger partial charge in [0.2, 0.25) is 0 Å². The van der Waals surface area contributed by atoms with Crippen LogP contribution in [0.25, 0.3) is 0 Å². The van der Waals surface area contributed by atoms with E-state index in [1.807, 2.05) is 20.8 Å². The average molecular weight is 230 g/mol. The normalized spacial score (nSPS) is 32.1. The van der Waals surface area contributed by atoms with Crippen molar-refractivity contribution in [3.63, 3.8) is 0 Å². The van der Waals surface area contributed by atoms with E-state index >= 15 is 0 Å². The molecule has 1 fully saturated rings. The lowest BCUT2D eigenvalue weighted by Crippen LogP contribution is -2.37. The number of carbonyl (C=O) groups excluding carboxylic acids is 1. The maximum absolute atomic E-state index is 11.9. The van der Waals surface area contributed by atoms with Gasteiger partial charge in [0.25, 0.3) is 0 Å². The third kappa shape index (κ3) is 3.76. The van der Waals surface area contributed by atoms with Gasteiger partial charge in [-0.25, -0.2) is 0 Å². The number of hydrogen-bond acceptors (Lipinski definition) is 4. The SMILES string of the molecule is COCC(C)OC(=O)C1CC(C)OCC1C. The Balaban J connectivity index is 2.45. The highest BCUT2D eigenvalue weighted by atomic mass is 16.6. The minimum Gasteiger partial charge on any atom is -0.460 e. The van der Waals surface area contributed by atoms with Crippen LogP contribution in [0.15, 0.2) is 0 Å². The fourth-order valence-electron chi connectivity index (χ4n) is 1.97. The molecule has 0 radical (unpaired) electrons. The van der Waals surface area contributed by atoms with Crippen LogP contribution >= 0.6 is 0 Å². The Morgan fingerprint density at radius 1 is 1.50 bits per heavy atom. The Labute approximate surface area is 97.2 Å². The van der Waals surface area contributed by atoms with Crippen LogP contribution in [0, 0.1) is 11.8 Å². The molecule has 4 unspecified atom stereocenters. The molecule has 0 amide bonds. The predicted molar refractivity (Wildman–Crippen MR) is 60.1 cm³/mol. The quantitative estimate of drug-likeness (QED) is 0.688. The molecule has 16 heavy (non-hydrogen) atoms. The molecule has 94 valence electrons. The summed E-state index contributed by atoms with van der Waals surface area (Å²) in [5, 5.41) is 0. The molecule has 0 aliphatic carbocycles. The maximum Gasteiger partial charge on any atom is 0.309 e. The highest BCUT2D eigenvalue weighted by molar-refractivity contribution is 5.73. The largest absolute Gasteiger partial charge is 0.460 e. The van der Waals surface area contributed by atoms with Crippen molar-refractivity contribution in [2.75, 3.05) is 20.3 Å². The van der Waals surface area contributed by atoms with Gasteiger partial charge in [0.1, 0.15) is 6.10 Å². The standard InChI is InChI=1S/C12H22O4/c1-8-6-15-9(2)5-11(8)12(13)16-10(3)7-14-4/h8-11H,5-7H2,1-4H3. The summed E-state index contributed by atoms with van der Waals surface area (Å²) in [6.45, 7) is 6.94. The Morgan fingerprint density at radius 2 is 2.19 bits per heavy atom. The van der Waals surface area contributed by atoms with Crippen LogP contribution < -0.4 is 0 Å². The second-order valence-electron chi connectivity index (χ2n) is 4.67. The van der Waals surface area contributed by atoms with E-state index in [1.54, 1.807) is 7.11 Å². The molecule has 4 nitrogen and oxygen atoms in total. The molecular weight excluding hydrogens is 208 g/mol. The Bertz CT molecular complexity index is 229. The number of methoxy groups -OCH3 is 1. The molecule has 1 aliphatic heterocycles. The predicted octanol–water partition coefficient (Wildman–Crippen LogP) is 1.63. The van der Waals surface area contributed by atoms with Crippen molar-refractivity contribution in [3.8, 4) is 0 Å². The van der Waals surface area contributed by atoms with Crippen LogP contribution in [0.4, 0.5) is 0 Å². The lowest BCUT2D eigenvalue weighted by molar-refractivity contribution is -0.164. The van der Waals surface area contributed by atoms with Crippen LogP contribution in [-0.4, -0.2) is 38.5 Å². The Hall–Kier alpha value is -0.610. The number of hydrogen-bond donors (Lipinski definition) is 0. The molecule has 0 aromatic heterocycles. The van der Waals surface area contributed by atoms with Crippen LogP contribution in [-0.2, 0) is 19.0 Å². The van der Waals surface area contributed by atoms with Crippen molar-refractivity contribution >= 4 is 5.97 Å². The molecule has 4 heteroatoms. The summed E-state index contributed by atoms with van der Waals surface area (Å²) in [6, 6.07) is 0. The van der Waals surface area contributed by atoms with Gasteiger partial charge in [-0.2, -0.15) is 0 Å². The van der Waals surface area contributed by atoms with Gasteiger partial charge in [-0.3, -0.25) is 4.79 Å². The third-order valence-electron chi connectivity index (χ3n) is 2.94. The summed E-state index contributed by atoms with van der Waals surface area (Å²) in [4.78, 5) is 11.9. The summed E-state index contributed by atoms with van der Waals surface area (Å²) >= 11 is 0. The highest BCUT2D eigenvalue weighted by Crippen LogP contribution is 2.26. The zero-order valence-corrected chi connectivity index (χ0v) is 10.6. The summed E-state index contributed by atoms with van der Waals surface area (Å²) in [6.07, 6.45) is 0.717. The molecule has 0 aromatic carbocycles. The van der Waals surface area contributed by atoms with Gasteiger partial charge in [0.15, 0.2) is 0 Å². The van der Waals surface area contributed by atoms with E-state index in [0.717, 1.165) is 6.42 Å². The maximum atomic E-state index is 11.9. The van der Waals surface area contributed by atoms with Crippen LogP contribution in [0.3, 0.4) is 0 Å². The van der Waals surface area contributed by atoms with Crippen molar-refractivity contribution in [1.29, 1.82) is 0 Å². The van der Waals surface area contributed by atoms with Gasteiger partial charge < -0.3 is 14.2 Å². The highest BCUT2D eigenvalue weighted by Gasteiger charge is 2.33. The van der Waals surface area contributed by atoms with E-state index in [-0.39, 0.29) is 30.0 Å². The molecular formula is C12H22O4. The van der Waals surface area contributed by atoms with Crippen molar-refractivity contribution in [2.45, 2.75) is 39.4 Å². The molecule has 0 saturated carbocycles. The van der Waals surface area contributed by atoms with E-state index in [2.05, 4.69) is 0 Å². The first-order valence-corrected chi connectivity index (χ1v) is 5.85. The zero-order chi connectivity index (χ0) is 12.1. The third-order valence-corrected chi connectivity index (χ3v) is 2.94. The fraction of sp³-hybridized carbons (Fsp3) is 0.917. The van der Waals surface area contributed by atoms with Crippen molar-refractivity contribution in [1.82, 2.24) is 0 Å². The summed E-state index contributed by atoms with van der Waals surface area (Å²) in [5.74, 6) is 0.0775. The molecule has 0 aromatic rings. The average Bonchev–Trinajstić information content (AvgIpc) is 2.21. The van der Waals surface area contributed by atoms with Crippen molar-refractivity contribution in [2.24, 2.45) is 11.8 Å². The molecule has 1 heterocycles. The minimum absolute atomic E-state index is 0.0388. The Kier molecular flexibility index (Phi) is 5.22. The van der Waals surface area contributed by atoms with Gasteiger partial charge in [0, 0.05) is 7.11 Å². The first-order chi connectivity index (χ1) is 7.54. The molecule has 4 atom stereocenters. The van der Waals surface area contributed by atoms with E-state index in [4.69, 9.17) is 14.2 Å². The first kappa shape index (κ1) is 13.5. The first-order valence-electron chi connectivity index (χ1n) is 5.85. The topological polar surface area (TPSA) is 44.8 Å². The summed E-state index contributed by atoms with van der Waals surface area (Å²) in [5.41, 5.74) is 0. The monoisotopic (exact) mass is 230 g/mol. The van der Waals surface area contributed by atoms with E-state index < -0.39 is 0 Å². The smallest absolute Gasteiger partial charge is 0.309 e. The van der Waals surface area contributed by atoms with Crippen LogP contribution in [0.2, 0.25) is 0 Å². The molecule has 1 saturated heterocycles. The lowest BCUT2D eigenvalue weighted by Gasteiger charge is -2.31. The van der Waals surface area contributed by atoms with E-state index in [1.165, 1.54) is 0 Å². The zero-order valence-electron chi connectivity index (χ0n) is 10.6. The molecule has 1 aliphatic rings. The van der Waals surface area contributed by atoms with Gasteiger partial charge in [0.05, 0.1) is 25.2 Å². The number of rotatable bonds is 4. The molecule has 0 N–H and O–H groups in total. The van der Waals surface area contributed by atoms with Gasteiger partial charge in [-0.05, 0) is 26.2 Å². The number of ether oxygens (including phenoxy) is 3. The Morgan fingerprint density at radius 3 is 2.81 bits per heavy atom. The van der Waals surface area contributed by atoms with Gasteiger partial charge in [-0.1, -0.05) is 6.92 Å². The molecule has 0 bridgehead atoms. The lowest BCUT2D eigenvalue weighted by atomic mass is 9.87. The second kappa shape index (κ2) is 6.21. The molecule has 0 spiro atoms. The van der Waals surface area contributed by atoms with Crippen molar-refractivity contribution < 1.29 is 19.0 Å². The fourth-order valence-corrected chi connectivity index (χ4v) is 1.97. The minimum atomic E-state index is -0.178. The number of carbonyl (C=O) groups is 1. The van der Waals surface area contributed by atoms with Gasteiger partial charge in [-0.15, -0.1) is 0 Å². The van der Waals surface area contributed by atoms with Crippen molar-refractivity contribution in [3.05, 3.63) is 0 Å². The van der Waals surface area contributed by atoms with Crippen LogP contribution in [0.5, 0.6) is 0 Å². The summed E-state index contributed by atoms with van der Waals surface area (Å²) in [7, 11) is 1.60. The molecule has 1 rings (SSSR count). The number of esters is 1. The van der Waals surface area contributed by atoms with Crippen LogP contribution in [0.1, 0.15) is 27.2 Å². The van der Waals surface area contributed by atoms with E-state index in [9.17, 15) is 4.79 Å². The second-order valence-corrected chi connectivity index (χ2v) is 4.67. The summed E-state index contributed by atoms with van der Waals surface area (Å²) < 4.78 is 15.8. The van der Waals surface area contributed by atoms with Gasteiger partial charge >= 0.3 is 5.97 Å².